The van der Waals surface area contributed by atoms with E-state index in [1.54, 1.807) is 17.8 Å². The molecular weight excluding hydrogens is 298 g/mol. The molecule has 0 aromatic carbocycles. The van der Waals surface area contributed by atoms with Crippen molar-refractivity contribution in [1.29, 1.82) is 0 Å². The molecule has 0 spiro atoms. The smallest absolute Gasteiger partial charge is 0.259 e. The second-order valence-corrected chi connectivity index (χ2v) is 6.00. The van der Waals surface area contributed by atoms with Gasteiger partial charge in [0.15, 0.2) is 0 Å². The summed E-state index contributed by atoms with van der Waals surface area (Å²) in [7, 11) is 0. The molecule has 0 aliphatic rings. The van der Waals surface area contributed by atoms with Gasteiger partial charge in [-0.25, -0.2) is 4.98 Å². The van der Waals surface area contributed by atoms with Crippen LogP contribution < -0.4 is 10.6 Å². The monoisotopic (exact) mass is 319 g/mol. The van der Waals surface area contributed by atoms with Crippen molar-refractivity contribution < 1.29 is 4.79 Å². The zero-order chi connectivity index (χ0) is 15.8. The Kier molecular flexibility index (Phi) is 6.27. The number of nitrogens with zero attached hydrogens (tertiary/aromatic N) is 3. The van der Waals surface area contributed by atoms with Gasteiger partial charge in [-0.2, -0.15) is 0 Å². The molecule has 2 heterocycles. The van der Waals surface area contributed by atoms with Crippen LogP contribution in [0.4, 0.5) is 10.9 Å². The molecule has 2 aromatic heterocycles. The Morgan fingerprint density at radius 3 is 2.86 bits per heavy atom. The summed E-state index contributed by atoms with van der Waals surface area (Å²) in [4.78, 5) is 16.3. The second kappa shape index (κ2) is 8.43. The third kappa shape index (κ3) is 5.07. The lowest BCUT2D eigenvalue weighted by Crippen LogP contribution is -2.16. The lowest BCUT2D eigenvalue weighted by Gasteiger charge is -2.14. The number of carbonyl (C=O) groups is 1. The molecule has 22 heavy (non-hydrogen) atoms. The standard InChI is InChI=1S/C15H21N5OS/c1-3-4-5-6-11(2)18-13-8-7-12(9-16-13)14(21)19-15-20-17-10-22-15/h7-11H,3-6H2,1-2H3,(H,16,18)(H,19,20,21). The van der Waals surface area contributed by atoms with Gasteiger partial charge in [0.05, 0.1) is 5.56 Å². The number of amides is 1. The molecule has 1 atom stereocenters. The summed E-state index contributed by atoms with van der Waals surface area (Å²) < 4.78 is 0. The summed E-state index contributed by atoms with van der Waals surface area (Å²) in [6.07, 6.45) is 6.38. The highest BCUT2D eigenvalue weighted by Crippen LogP contribution is 2.13. The van der Waals surface area contributed by atoms with Crippen molar-refractivity contribution in [1.82, 2.24) is 15.2 Å². The van der Waals surface area contributed by atoms with E-state index in [1.807, 2.05) is 6.07 Å². The largest absolute Gasteiger partial charge is 0.368 e. The average Bonchev–Trinajstić information content (AvgIpc) is 3.01. The van der Waals surface area contributed by atoms with Crippen LogP contribution in [0.2, 0.25) is 0 Å². The Morgan fingerprint density at radius 2 is 2.23 bits per heavy atom. The molecule has 0 saturated carbocycles. The molecule has 2 rings (SSSR count). The van der Waals surface area contributed by atoms with Crippen LogP contribution in [-0.4, -0.2) is 27.1 Å². The minimum Gasteiger partial charge on any atom is -0.368 e. The van der Waals surface area contributed by atoms with Gasteiger partial charge in [0.2, 0.25) is 5.13 Å². The Balaban J connectivity index is 1.85. The molecule has 6 nitrogen and oxygen atoms in total. The van der Waals surface area contributed by atoms with Gasteiger partial charge in [-0.05, 0) is 25.5 Å². The van der Waals surface area contributed by atoms with E-state index in [1.165, 1.54) is 30.6 Å². The summed E-state index contributed by atoms with van der Waals surface area (Å²) in [6, 6.07) is 3.95. The van der Waals surface area contributed by atoms with Gasteiger partial charge < -0.3 is 5.32 Å². The SMILES string of the molecule is CCCCCC(C)Nc1ccc(C(=O)Nc2nncs2)cn1. The lowest BCUT2D eigenvalue weighted by atomic mass is 10.1. The van der Waals surface area contributed by atoms with Crippen molar-refractivity contribution in [3.8, 4) is 0 Å². The fourth-order valence-electron chi connectivity index (χ4n) is 2.04. The molecular formula is C15H21N5OS. The summed E-state index contributed by atoms with van der Waals surface area (Å²) in [5, 5.41) is 14.0. The summed E-state index contributed by atoms with van der Waals surface area (Å²) in [5.41, 5.74) is 2.07. The second-order valence-electron chi connectivity index (χ2n) is 5.17. The molecule has 0 aliphatic heterocycles. The van der Waals surface area contributed by atoms with Gasteiger partial charge in [-0.15, -0.1) is 10.2 Å². The van der Waals surface area contributed by atoms with Gasteiger partial charge in [-0.1, -0.05) is 37.5 Å². The molecule has 2 N–H and O–H groups in total. The highest BCUT2D eigenvalue weighted by molar-refractivity contribution is 7.13. The number of anilines is 2. The fourth-order valence-corrected chi connectivity index (χ4v) is 2.48. The maximum absolute atomic E-state index is 12.0. The molecule has 2 aromatic rings. The Labute approximate surface area is 134 Å². The van der Waals surface area contributed by atoms with Gasteiger partial charge >= 0.3 is 0 Å². The Hall–Kier alpha value is -2.02. The van der Waals surface area contributed by atoms with Crippen molar-refractivity contribution in [3.63, 3.8) is 0 Å². The van der Waals surface area contributed by atoms with E-state index in [-0.39, 0.29) is 5.91 Å². The Bertz CT molecular complexity index is 570. The number of nitrogens with one attached hydrogen (secondary N) is 2. The van der Waals surface area contributed by atoms with E-state index in [4.69, 9.17) is 0 Å². The molecule has 0 fully saturated rings. The van der Waals surface area contributed by atoms with Crippen molar-refractivity contribution >= 4 is 28.2 Å². The highest BCUT2D eigenvalue weighted by atomic mass is 32.1. The first-order valence-corrected chi connectivity index (χ1v) is 8.37. The molecule has 0 saturated heterocycles. The predicted octanol–water partition coefficient (Wildman–Crippen LogP) is 3.57. The van der Waals surface area contributed by atoms with Crippen molar-refractivity contribution in [2.24, 2.45) is 0 Å². The first-order chi connectivity index (χ1) is 10.7. The number of hydrogen-bond donors (Lipinski definition) is 2. The van der Waals surface area contributed by atoms with Crippen molar-refractivity contribution in [2.45, 2.75) is 45.6 Å². The molecule has 7 heteroatoms. The minimum absolute atomic E-state index is 0.230. The van der Waals surface area contributed by atoms with Crippen LogP contribution in [-0.2, 0) is 0 Å². The molecule has 0 aliphatic carbocycles. The van der Waals surface area contributed by atoms with Gasteiger partial charge in [0, 0.05) is 12.2 Å². The van der Waals surface area contributed by atoms with E-state index in [0.29, 0.717) is 16.7 Å². The van der Waals surface area contributed by atoms with Crippen LogP contribution in [0.15, 0.2) is 23.8 Å². The first-order valence-electron chi connectivity index (χ1n) is 7.49. The third-order valence-corrected chi connectivity index (χ3v) is 3.85. The summed E-state index contributed by atoms with van der Waals surface area (Å²) in [5.74, 6) is 0.559. The highest BCUT2D eigenvalue weighted by Gasteiger charge is 2.09. The number of hydrogen-bond acceptors (Lipinski definition) is 6. The van der Waals surface area contributed by atoms with E-state index < -0.39 is 0 Å². The van der Waals surface area contributed by atoms with Gasteiger partial charge in [0.1, 0.15) is 11.3 Å². The first kappa shape index (κ1) is 16.4. The van der Waals surface area contributed by atoms with Crippen LogP contribution in [0.1, 0.15) is 49.9 Å². The van der Waals surface area contributed by atoms with Crippen LogP contribution in [0.25, 0.3) is 0 Å². The summed E-state index contributed by atoms with van der Waals surface area (Å²) >= 11 is 1.28. The zero-order valence-electron chi connectivity index (χ0n) is 12.9. The van der Waals surface area contributed by atoms with Crippen molar-refractivity contribution in [2.75, 3.05) is 10.6 Å². The lowest BCUT2D eigenvalue weighted by molar-refractivity contribution is 0.102. The fraction of sp³-hybridized carbons (Fsp3) is 0.467. The number of unbranched alkanes of at least 4 members (excludes halogenated alkanes) is 2. The number of carbonyl (C=O) groups excluding carboxylic acids is 1. The molecule has 0 radical (unpaired) electrons. The van der Waals surface area contributed by atoms with Crippen LogP contribution in [0.5, 0.6) is 0 Å². The quantitative estimate of drug-likeness (QED) is 0.727. The van der Waals surface area contributed by atoms with Gasteiger partial charge in [0.25, 0.3) is 5.91 Å². The Morgan fingerprint density at radius 1 is 1.36 bits per heavy atom. The maximum atomic E-state index is 12.0. The van der Waals surface area contributed by atoms with Crippen LogP contribution >= 0.6 is 11.3 Å². The summed E-state index contributed by atoms with van der Waals surface area (Å²) in [6.45, 7) is 4.35. The number of pyridine rings is 1. The molecule has 0 bridgehead atoms. The molecule has 1 unspecified atom stereocenters. The average molecular weight is 319 g/mol. The normalized spacial score (nSPS) is 11.9. The van der Waals surface area contributed by atoms with Crippen molar-refractivity contribution in [3.05, 3.63) is 29.4 Å². The predicted molar refractivity (Wildman–Crippen MR) is 89.3 cm³/mol. The number of aromatic nitrogens is 3. The van der Waals surface area contributed by atoms with E-state index in [9.17, 15) is 4.79 Å². The molecule has 1 amide bonds. The van der Waals surface area contributed by atoms with Crippen LogP contribution in [0.3, 0.4) is 0 Å². The van der Waals surface area contributed by atoms with E-state index in [0.717, 1.165) is 12.2 Å². The third-order valence-electron chi connectivity index (χ3n) is 3.24. The maximum Gasteiger partial charge on any atom is 0.259 e. The minimum atomic E-state index is -0.230. The van der Waals surface area contributed by atoms with E-state index in [2.05, 4.69) is 39.7 Å². The van der Waals surface area contributed by atoms with Crippen LogP contribution in [0, 0.1) is 0 Å². The topological polar surface area (TPSA) is 79.8 Å². The number of rotatable bonds is 8. The van der Waals surface area contributed by atoms with E-state index >= 15 is 0 Å². The zero-order valence-corrected chi connectivity index (χ0v) is 13.7. The molecule has 118 valence electrons. The van der Waals surface area contributed by atoms with Gasteiger partial charge in [-0.3, -0.25) is 10.1 Å².